The molecule has 0 spiro atoms. The van der Waals surface area contributed by atoms with Crippen molar-refractivity contribution in [3.05, 3.63) is 33.8 Å². The van der Waals surface area contributed by atoms with Gasteiger partial charge in [-0.15, -0.1) is 0 Å². The Morgan fingerprint density at radius 1 is 1.39 bits per heavy atom. The lowest BCUT2D eigenvalue weighted by atomic mass is 9.93. The second-order valence-corrected chi connectivity index (χ2v) is 4.84. The highest BCUT2D eigenvalue weighted by atomic mass is 35.5. The zero-order chi connectivity index (χ0) is 13.0. The molecule has 1 N–H and O–H groups in total. The molecule has 1 aromatic rings. The van der Waals surface area contributed by atoms with Crippen LogP contribution in [-0.2, 0) is 4.84 Å². The normalized spacial score (nSPS) is 15.4. The van der Waals surface area contributed by atoms with Gasteiger partial charge < -0.3 is 5.32 Å². The largest absolute Gasteiger partial charge is 0.433 e. The van der Waals surface area contributed by atoms with Crippen molar-refractivity contribution in [1.82, 2.24) is 5.32 Å². The summed E-state index contributed by atoms with van der Waals surface area (Å²) in [5, 5.41) is 7.17. The van der Waals surface area contributed by atoms with Gasteiger partial charge in [-0.3, -0.25) is 4.84 Å². The molecule has 0 radical (unpaired) electrons. The molecule has 1 aromatic carbocycles. The minimum atomic E-state index is -0.556. The summed E-state index contributed by atoms with van der Waals surface area (Å²) in [6.07, 6.45) is 3.90. The fourth-order valence-electron chi connectivity index (χ4n) is 1.51. The first-order valence-electron chi connectivity index (χ1n) is 5.61. The first-order chi connectivity index (χ1) is 8.66. The topological polar surface area (TPSA) is 50.7 Å². The Balaban J connectivity index is 1.88. The minimum Gasteiger partial charge on any atom is -0.317 e. The standard InChI is InChI=1S/C12H12Cl2N2O2/c13-10-5-2-6-11(14)9(10)7-15-18-12(17)16-8-3-1-4-8/h2,5-8H,1,3-4H2,(H,16,17). The van der Waals surface area contributed by atoms with Gasteiger partial charge in [0.15, 0.2) is 0 Å². The summed E-state index contributed by atoms with van der Waals surface area (Å²) in [6, 6.07) is 5.31. The van der Waals surface area contributed by atoms with Crippen molar-refractivity contribution in [2.24, 2.45) is 5.16 Å². The van der Waals surface area contributed by atoms with Crippen LogP contribution in [0.1, 0.15) is 24.8 Å². The number of halogens is 2. The molecule has 1 fully saturated rings. The van der Waals surface area contributed by atoms with Gasteiger partial charge >= 0.3 is 6.09 Å². The number of carbonyl (C=O) groups is 1. The molecule has 0 bridgehead atoms. The first-order valence-corrected chi connectivity index (χ1v) is 6.37. The van der Waals surface area contributed by atoms with Gasteiger partial charge in [-0.1, -0.05) is 34.4 Å². The van der Waals surface area contributed by atoms with Gasteiger partial charge in [-0.05, 0) is 31.4 Å². The molecular weight excluding hydrogens is 275 g/mol. The van der Waals surface area contributed by atoms with Crippen molar-refractivity contribution < 1.29 is 9.63 Å². The fourth-order valence-corrected chi connectivity index (χ4v) is 2.00. The van der Waals surface area contributed by atoms with Gasteiger partial charge in [0.2, 0.25) is 0 Å². The van der Waals surface area contributed by atoms with Gasteiger partial charge in [-0.25, -0.2) is 4.79 Å². The monoisotopic (exact) mass is 286 g/mol. The second-order valence-electron chi connectivity index (χ2n) is 4.02. The third kappa shape index (κ3) is 3.37. The maximum absolute atomic E-state index is 11.3. The third-order valence-electron chi connectivity index (χ3n) is 2.74. The summed E-state index contributed by atoms with van der Waals surface area (Å²) in [5.74, 6) is 0. The van der Waals surface area contributed by atoms with E-state index in [2.05, 4.69) is 15.3 Å². The highest BCUT2D eigenvalue weighted by Crippen LogP contribution is 2.22. The molecule has 18 heavy (non-hydrogen) atoms. The summed E-state index contributed by atoms with van der Waals surface area (Å²) in [4.78, 5) is 16.0. The number of hydrogen-bond acceptors (Lipinski definition) is 3. The van der Waals surface area contributed by atoms with Crippen molar-refractivity contribution in [3.8, 4) is 0 Å². The van der Waals surface area contributed by atoms with Gasteiger partial charge in [0, 0.05) is 11.6 Å². The second kappa shape index (κ2) is 6.07. The highest BCUT2D eigenvalue weighted by molar-refractivity contribution is 6.38. The quantitative estimate of drug-likeness (QED) is 0.524. The molecule has 1 saturated carbocycles. The van der Waals surface area contributed by atoms with Crippen LogP contribution in [0.15, 0.2) is 23.4 Å². The van der Waals surface area contributed by atoms with E-state index in [0.29, 0.717) is 15.6 Å². The van der Waals surface area contributed by atoms with Crippen LogP contribution in [0.5, 0.6) is 0 Å². The van der Waals surface area contributed by atoms with E-state index in [1.54, 1.807) is 18.2 Å². The molecule has 6 heteroatoms. The van der Waals surface area contributed by atoms with Crippen LogP contribution in [0.4, 0.5) is 4.79 Å². The van der Waals surface area contributed by atoms with Crippen molar-refractivity contribution in [3.63, 3.8) is 0 Å². The zero-order valence-corrected chi connectivity index (χ0v) is 11.0. The van der Waals surface area contributed by atoms with Gasteiger partial charge in [-0.2, -0.15) is 0 Å². The minimum absolute atomic E-state index is 0.219. The lowest BCUT2D eigenvalue weighted by molar-refractivity contribution is 0.141. The molecule has 1 aliphatic rings. The van der Waals surface area contributed by atoms with E-state index in [1.165, 1.54) is 6.21 Å². The van der Waals surface area contributed by atoms with E-state index >= 15 is 0 Å². The van der Waals surface area contributed by atoms with Crippen molar-refractivity contribution >= 4 is 35.5 Å². The van der Waals surface area contributed by atoms with E-state index in [-0.39, 0.29) is 6.04 Å². The van der Waals surface area contributed by atoms with E-state index in [9.17, 15) is 4.79 Å². The number of nitrogens with one attached hydrogen (secondary N) is 1. The highest BCUT2D eigenvalue weighted by Gasteiger charge is 2.19. The van der Waals surface area contributed by atoms with Crippen LogP contribution in [0, 0.1) is 0 Å². The lowest BCUT2D eigenvalue weighted by Gasteiger charge is -2.24. The van der Waals surface area contributed by atoms with Crippen LogP contribution < -0.4 is 5.32 Å². The predicted octanol–water partition coefficient (Wildman–Crippen LogP) is 3.61. The number of oxime groups is 1. The molecule has 0 aromatic heterocycles. The number of benzene rings is 1. The molecule has 0 heterocycles. The molecule has 1 aliphatic carbocycles. The zero-order valence-electron chi connectivity index (χ0n) is 9.53. The van der Waals surface area contributed by atoms with Gasteiger partial charge in [0.05, 0.1) is 16.3 Å². The van der Waals surface area contributed by atoms with E-state index in [4.69, 9.17) is 23.2 Å². The smallest absolute Gasteiger partial charge is 0.317 e. The predicted molar refractivity (Wildman–Crippen MR) is 71.3 cm³/mol. The Bertz CT molecular complexity index is 453. The lowest BCUT2D eigenvalue weighted by Crippen LogP contribution is -2.39. The number of carbonyl (C=O) groups excluding carboxylic acids is 1. The molecule has 4 nitrogen and oxygen atoms in total. The summed E-state index contributed by atoms with van der Waals surface area (Å²) in [5.41, 5.74) is 0.525. The average molecular weight is 287 g/mol. The number of hydrogen-bond donors (Lipinski definition) is 1. The fraction of sp³-hybridized carbons (Fsp3) is 0.333. The maximum Gasteiger partial charge on any atom is 0.433 e. The van der Waals surface area contributed by atoms with Gasteiger partial charge in [0.1, 0.15) is 0 Å². The maximum atomic E-state index is 11.3. The van der Waals surface area contributed by atoms with Crippen LogP contribution in [0.25, 0.3) is 0 Å². The molecular formula is C12H12Cl2N2O2. The van der Waals surface area contributed by atoms with Crippen LogP contribution in [-0.4, -0.2) is 18.3 Å². The van der Waals surface area contributed by atoms with Crippen molar-refractivity contribution in [1.29, 1.82) is 0 Å². The first kappa shape index (κ1) is 13.2. The number of nitrogens with zero attached hydrogens (tertiary/aromatic N) is 1. The molecule has 0 saturated heterocycles. The third-order valence-corrected chi connectivity index (χ3v) is 3.40. The molecule has 0 unspecified atom stereocenters. The van der Waals surface area contributed by atoms with E-state index < -0.39 is 6.09 Å². The van der Waals surface area contributed by atoms with Crippen LogP contribution in [0.2, 0.25) is 10.0 Å². The Labute approximate surface area is 115 Å². The Morgan fingerprint density at radius 2 is 2.06 bits per heavy atom. The molecule has 2 rings (SSSR count). The van der Waals surface area contributed by atoms with Crippen LogP contribution in [0.3, 0.4) is 0 Å². The average Bonchev–Trinajstić information content (AvgIpc) is 2.28. The number of amides is 1. The Morgan fingerprint density at radius 3 is 2.61 bits per heavy atom. The molecule has 96 valence electrons. The number of rotatable bonds is 3. The van der Waals surface area contributed by atoms with Crippen molar-refractivity contribution in [2.75, 3.05) is 0 Å². The Kier molecular flexibility index (Phi) is 4.44. The molecule has 0 atom stereocenters. The Hall–Kier alpha value is -1.26. The molecule has 1 amide bonds. The summed E-state index contributed by atoms with van der Waals surface area (Å²) >= 11 is 11.9. The molecule has 0 aliphatic heterocycles. The SMILES string of the molecule is O=C(NC1CCC1)ON=Cc1c(Cl)cccc1Cl. The summed E-state index contributed by atoms with van der Waals surface area (Å²) in [7, 11) is 0. The summed E-state index contributed by atoms with van der Waals surface area (Å²) < 4.78 is 0. The van der Waals surface area contributed by atoms with Gasteiger partial charge in [0.25, 0.3) is 0 Å². The van der Waals surface area contributed by atoms with E-state index in [0.717, 1.165) is 19.3 Å². The van der Waals surface area contributed by atoms with Crippen LogP contribution >= 0.6 is 23.2 Å². The summed E-state index contributed by atoms with van der Waals surface area (Å²) in [6.45, 7) is 0. The van der Waals surface area contributed by atoms with Crippen molar-refractivity contribution in [2.45, 2.75) is 25.3 Å². The van der Waals surface area contributed by atoms with E-state index in [1.807, 2.05) is 0 Å².